The van der Waals surface area contributed by atoms with E-state index in [0.29, 0.717) is 19.6 Å². The fourth-order valence-corrected chi connectivity index (χ4v) is 2.44. The predicted molar refractivity (Wildman–Crippen MR) is 77.4 cm³/mol. The van der Waals surface area contributed by atoms with Gasteiger partial charge in [0.1, 0.15) is 0 Å². The highest BCUT2D eigenvalue weighted by Crippen LogP contribution is 2.31. The SMILES string of the molecule is CN1CCN(C(=O)c2cccc([N+](=O)[O-])c2O)CC1(C)C. The summed E-state index contributed by atoms with van der Waals surface area (Å²) in [6.07, 6.45) is 0. The summed E-state index contributed by atoms with van der Waals surface area (Å²) in [5.41, 5.74) is -0.650. The largest absolute Gasteiger partial charge is 0.502 e. The van der Waals surface area contributed by atoms with Crippen LogP contribution in [0.5, 0.6) is 5.75 Å². The molecular formula is C14H19N3O4. The zero-order valence-electron chi connectivity index (χ0n) is 12.4. The van der Waals surface area contributed by atoms with E-state index in [1.165, 1.54) is 18.2 Å². The summed E-state index contributed by atoms with van der Waals surface area (Å²) in [7, 11) is 1.99. The molecule has 1 amide bonds. The number of carbonyl (C=O) groups is 1. The molecule has 1 heterocycles. The number of nitro benzene ring substituents is 1. The number of rotatable bonds is 2. The Morgan fingerprint density at radius 3 is 2.62 bits per heavy atom. The maximum Gasteiger partial charge on any atom is 0.311 e. The van der Waals surface area contributed by atoms with Gasteiger partial charge < -0.3 is 10.0 Å². The van der Waals surface area contributed by atoms with Gasteiger partial charge in [-0.3, -0.25) is 19.8 Å². The Morgan fingerprint density at radius 2 is 2.05 bits per heavy atom. The number of hydrogen-bond donors (Lipinski definition) is 1. The van der Waals surface area contributed by atoms with E-state index in [1.54, 1.807) is 4.90 Å². The smallest absolute Gasteiger partial charge is 0.311 e. The lowest BCUT2D eigenvalue weighted by Crippen LogP contribution is -2.58. The van der Waals surface area contributed by atoms with Gasteiger partial charge in [-0.15, -0.1) is 0 Å². The Hall–Kier alpha value is -2.15. The van der Waals surface area contributed by atoms with Crippen LogP contribution in [0.4, 0.5) is 5.69 Å². The van der Waals surface area contributed by atoms with E-state index >= 15 is 0 Å². The fraction of sp³-hybridized carbons (Fsp3) is 0.500. The molecule has 1 N–H and O–H groups in total. The molecule has 1 aromatic carbocycles. The van der Waals surface area contributed by atoms with E-state index in [9.17, 15) is 20.0 Å². The first-order chi connectivity index (χ1) is 9.74. The van der Waals surface area contributed by atoms with Crippen LogP contribution < -0.4 is 0 Å². The average Bonchev–Trinajstić information content (AvgIpc) is 2.41. The minimum Gasteiger partial charge on any atom is -0.502 e. The third-order valence-electron chi connectivity index (χ3n) is 4.05. The van der Waals surface area contributed by atoms with Crippen LogP contribution in [0.25, 0.3) is 0 Å². The summed E-state index contributed by atoms with van der Waals surface area (Å²) < 4.78 is 0. The van der Waals surface area contributed by atoms with Crippen LogP contribution in [0.2, 0.25) is 0 Å². The summed E-state index contributed by atoms with van der Waals surface area (Å²) in [6.45, 7) is 5.80. The number of phenolic OH excluding ortho intramolecular Hbond substituents is 1. The maximum atomic E-state index is 12.5. The molecule has 1 aliphatic heterocycles. The molecule has 1 fully saturated rings. The van der Waals surface area contributed by atoms with Gasteiger partial charge in [-0.1, -0.05) is 6.07 Å². The zero-order chi connectivity index (χ0) is 15.8. The molecule has 1 aliphatic rings. The van der Waals surface area contributed by atoms with Crippen molar-refractivity contribution in [3.63, 3.8) is 0 Å². The summed E-state index contributed by atoms with van der Waals surface area (Å²) in [4.78, 5) is 26.4. The normalized spacial score (nSPS) is 18.5. The van der Waals surface area contributed by atoms with Gasteiger partial charge in [0, 0.05) is 31.2 Å². The standard InChI is InChI=1S/C14H19N3O4/c1-14(2)9-16(8-7-15(14)3)13(19)10-5-4-6-11(12(10)18)17(20)21/h4-6,18H,7-9H2,1-3H3. The molecule has 0 aromatic heterocycles. The summed E-state index contributed by atoms with van der Waals surface area (Å²) in [5.74, 6) is -0.943. The van der Waals surface area contributed by atoms with Crippen LogP contribution >= 0.6 is 0 Å². The van der Waals surface area contributed by atoms with Crippen LogP contribution in [-0.4, -0.2) is 58.0 Å². The number of likely N-dealkylation sites (N-methyl/N-ethyl adjacent to an activating group) is 1. The van der Waals surface area contributed by atoms with Crippen molar-refractivity contribution in [2.24, 2.45) is 0 Å². The highest BCUT2D eigenvalue weighted by Gasteiger charge is 2.35. The Labute approximate surface area is 122 Å². The second-order valence-corrected chi connectivity index (χ2v) is 5.89. The molecule has 114 valence electrons. The third kappa shape index (κ3) is 2.82. The molecule has 7 nitrogen and oxygen atoms in total. The van der Waals surface area contributed by atoms with Crippen LogP contribution in [-0.2, 0) is 0 Å². The van der Waals surface area contributed by atoms with Crippen LogP contribution in [0.1, 0.15) is 24.2 Å². The lowest BCUT2D eigenvalue weighted by molar-refractivity contribution is -0.385. The number of para-hydroxylation sites is 1. The highest BCUT2D eigenvalue weighted by molar-refractivity contribution is 5.98. The number of carbonyl (C=O) groups excluding carboxylic acids is 1. The van der Waals surface area contributed by atoms with Gasteiger partial charge in [0.05, 0.1) is 10.5 Å². The van der Waals surface area contributed by atoms with E-state index < -0.39 is 16.4 Å². The number of benzene rings is 1. The molecule has 1 saturated heterocycles. The predicted octanol–water partition coefficient (Wildman–Crippen LogP) is 1.47. The van der Waals surface area contributed by atoms with Crippen molar-refractivity contribution in [1.82, 2.24) is 9.80 Å². The van der Waals surface area contributed by atoms with Gasteiger partial charge in [0.25, 0.3) is 5.91 Å². The first kappa shape index (κ1) is 15.2. The average molecular weight is 293 g/mol. The van der Waals surface area contributed by atoms with Gasteiger partial charge in [0.15, 0.2) is 0 Å². The van der Waals surface area contributed by atoms with Gasteiger partial charge in [-0.25, -0.2) is 0 Å². The molecule has 0 unspecified atom stereocenters. The van der Waals surface area contributed by atoms with Crippen molar-refractivity contribution in [2.75, 3.05) is 26.7 Å². The van der Waals surface area contributed by atoms with Crippen molar-refractivity contribution in [1.29, 1.82) is 0 Å². The zero-order valence-corrected chi connectivity index (χ0v) is 12.4. The number of nitro groups is 1. The topological polar surface area (TPSA) is 86.9 Å². The van der Waals surface area contributed by atoms with E-state index in [0.717, 1.165) is 0 Å². The molecule has 0 spiro atoms. The van der Waals surface area contributed by atoms with Crippen molar-refractivity contribution in [3.05, 3.63) is 33.9 Å². The molecule has 0 saturated carbocycles. The molecule has 0 radical (unpaired) electrons. The highest BCUT2D eigenvalue weighted by atomic mass is 16.6. The molecular weight excluding hydrogens is 274 g/mol. The van der Waals surface area contributed by atoms with Crippen LogP contribution in [0.3, 0.4) is 0 Å². The van der Waals surface area contributed by atoms with Gasteiger partial charge >= 0.3 is 5.69 Å². The summed E-state index contributed by atoms with van der Waals surface area (Å²) in [5, 5.41) is 20.8. The van der Waals surface area contributed by atoms with Crippen LogP contribution in [0.15, 0.2) is 18.2 Å². The lowest BCUT2D eigenvalue weighted by atomic mass is 9.99. The monoisotopic (exact) mass is 293 g/mol. The minimum atomic E-state index is -0.694. The minimum absolute atomic E-state index is 0.0236. The second-order valence-electron chi connectivity index (χ2n) is 5.89. The molecule has 1 aromatic rings. The number of aromatic hydroxyl groups is 1. The Morgan fingerprint density at radius 1 is 1.38 bits per heavy atom. The van der Waals surface area contributed by atoms with Crippen molar-refractivity contribution in [2.45, 2.75) is 19.4 Å². The molecule has 0 aliphatic carbocycles. The van der Waals surface area contributed by atoms with E-state index in [-0.39, 0.29) is 17.0 Å². The maximum absolute atomic E-state index is 12.5. The van der Waals surface area contributed by atoms with E-state index in [4.69, 9.17) is 0 Å². The van der Waals surface area contributed by atoms with Crippen molar-refractivity contribution in [3.8, 4) is 5.75 Å². The lowest BCUT2D eigenvalue weighted by Gasteiger charge is -2.45. The molecule has 0 atom stereocenters. The molecule has 2 rings (SSSR count). The third-order valence-corrected chi connectivity index (χ3v) is 4.05. The number of amides is 1. The van der Waals surface area contributed by atoms with Gasteiger partial charge in [-0.05, 0) is 27.0 Å². The van der Waals surface area contributed by atoms with Gasteiger partial charge in [0.2, 0.25) is 5.75 Å². The number of piperazine rings is 1. The fourth-order valence-electron chi connectivity index (χ4n) is 2.44. The quantitative estimate of drug-likeness (QED) is 0.659. The number of hydrogen-bond acceptors (Lipinski definition) is 5. The number of phenols is 1. The Balaban J connectivity index is 2.29. The molecule has 7 heteroatoms. The molecule has 21 heavy (non-hydrogen) atoms. The first-order valence-electron chi connectivity index (χ1n) is 6.71. The summed E-state index contributed by atoms with van der Waals surface area (Å²) in [6, 6.07) is 4.00. The van der Waals surface area contributed by atoms with Crippen molar-refractivity contribution < 1.29 is 14.8 Å². The first-order valence-corrected chi connectivity index (χ1v) is 6.71. The Kier molecular flexibility index (Phi) is 3.87. The Bertz CT molecular complexity index is 586. The molecule has 0 bridgehead atoms. The van der Waals surface area contributed by atoms with Crippen molar-refractivity contribution >= 4 is 11.6 Å². The second kappa shape index (κ2) is 5.33. The number of nitrogens with zero attached hydrogens (tertiary/aromatic N) is 3. The van der Waals surface area contributed by atoms with Gasteiger partial charge in [-0.2, -0.15) is 0 Å². The van der Waals surface area contributed by atoms with E-state index in [1.807, 2.05) is 20.9 Å². The summed E-state index contributed by atoms with van der Waals surface area (Å²) >= 11 is 0. The van der Waals surface area contributed by atoms with Crippen LogP contribution in [0, 0.1) is 10.1 Å². The van der Waals surface area contributed by atoms with E-state index in [2.05, 4.69) is 4.90 Å².